The van der Waals surface area contributed by atoms with Crippen molar-refractivity contribution in [3.05, 3.63) is 64.8 Å². The molecule has 3 heterocycles. The summed E-state index contributed by atoms with van der Waals surface area (Å²) in [7, 11) is 0. The smallest absolute Gasteiger partial charge is 0.229 e. The highest BCUT2D eigenvalue weighted by atomic mass is 35.5. The number of thiophene rings is 1. The standard InChI is InChI=1S/C24H27ClN4O2S/c25-22-15-19(5-6-27-22)20-16-24(32-17-20)28-23(30)14-18-3-1-4-21(13-18)31-12-2-9-29-10-7-26-8-11-29/h1,3-6,13,15-17,26H,2,7-12,14H2,(H,28,30). The van der Waals surface area contributed by atoms with Crippen LogP contribution in [0.2, 0.25) is 5.15 Å². The zero-order valence-corrected chi connectivity index (χ0v) is 19.4. The molecule has 0 unspecified atom stereocenters. The first-order valence-corrected chi connectivity index (χ1v) is 12.1. The summed E-state index contributed by atoms with van der Waals surface area (Å²) in [5, 5.41) is 9.60. The number of benzene rings is 1. The lowest BCUT2D eigenvalue weighted by Crippen LogP contribution is -2.43. The summed E-state index contributed by atoms with van der Waals surface area (Å²) in [5.74, 6) is 0.755. The van der Waals surface area contributed by atoms with Crippen LogP contribution < -0.4 is 15.4 Å². The molecule has 0 saturated carbocycles. The molecule has 6 nitrogen and oxygen atoms in total. The summed E-state index contributed by atoms with van der Waals surface area (Å²) >= 11 is 7.46. The fourth-order valence-electron chi connectivity index (χ4n) is 3.66. The van der Waals surface area contributed by atoms with Crippen LogP contribution in [0.4, 0.5) is 5.00 Å². The number of carbonyl (C=O) groups is 1. The van der Waals surface area contributed by atoms with Gasteiger partial charge in [0.15, 0.2) is 0 Å². The highest BCUT2D eigenvalue weighted by molar-refractivity contribution is 7.14. The second-order valence-corrected chi connectivity index (χ2v) is 9.03. The fourth-order valence-corrected chi connectivity index (χ4v) is 4.66. The summed E-state index contributed by atoms with van der Waals surface area (Å²) in [6.07, 6.45) is 2.97. The molecule has 3 aromatic rings. The Kier molecular flexibility index (Phi) is 8.12. The maximum absolute atomic E-state index is 12.5. The first-order valence-electron chi connectivity index (χ1n) is 10.8. The summed E-state index contributed by atoms with van der Waals surface area (Å²) in [4.78, 5) is 19.0. The third kappa shape index (κ3) is 6.77. The predicted molar refractivity (Wildman–Crippen MR) is 131 cm³/mol. The minimum absolute atomic E-state index is 0.0537. The van der Waals surface area contributed by atoms with E-state index in [2.05, 4.69) is 20.5 Å². The van der Waals surface area contributed by atoms with Crippen LogP contribution in [0.1, 0.15) is 12.0 Å². The minimum atomic E-state index is -0.0537. The summed E-state index contributed by atoms with van der Waals surface area (Å²) < 4.78 is 5.91. The first kappa shape index (κ1) is 22.7. The number of amides is 1. The van der Waals surface area contributed by atoms with Gasteiger partial charge < -0.3 is 20.3 Å². The molecule has 1 fully saturated rings. The van der Waals surface area contributed by atoms with Crippen molar-refractivity contribution < 1.29 is 9.53 Å². The van der Waals surface area contributed by atoms with E-state index in [0.29, 0.717) is 18.2 Å². The molecular formula is C24H27ClN4O2S. The van der Waals surface area contributed by atoms with E-state index in [4.69, 9.17) is 16.3 Å². The maximum atomic E-state index is 12.5. The van der Waals surface area contributed by atoms with Crippen LogP contribution in [0.3, 0.4) is 0 Å². The molecule has 1 amide bonds. The van der Waals surface area contributed by atoms with Gasteiger partial charge in [-0.15, -0.1) is 11.3 Å². The highest BCUT2D eigenvalue weighted by Gasteiger charge is 2.10. The Labute approximate surface area is 197 Å². The predicted octanol–water partition coefficient (Wildman–Crippen LogP) is 4.32. The zero-order valence-electron chi connectivity index (χ0n) is 17.9. The van der Waals surface area contributed by atoms with Crippen LogP contribution in [0.5, 0.6) is 5.75 Å². The Morgan fingerprint density at radius 3 is 2.91 bits per heavy atom. The molecule has 4 rings (SSSR count). The van der Waals surface area contributed by atoms with E-state index in [9.17, 15) is 4.79 Å². The molecule has 1 saturated heterocycles. The average molecular weight is 471 g/mol. The molecule has 1 aliphatic heterocycles. The van der Waals surface area contributed by atoms with Gasteiger partial charge in [-0.2, -0.15) is 0 Å². The lowest BCUT2D eigenvalue weighted by molar-refractivity contribution is -0.115. The summed E-state index contributed by atoms with van der Waals surface area (Å²) in [6.45, 7) is 6.07. The molecule has 8 heteroatoms. The number of piperazine rings is 1. The van der Waals surface area contributed by atoms with E-state index in [1.807, 2.05) is 47.8 Å². The second kappa shape index (κ2) is 11.4. The van der Waals surface area contributed by atoms with Crippen LogP contribution in [0.25, 0.3) is 11.1 Å². The number of nitrogens with one attached hydrogen (secondary N) is 2. The Morgan fingerprint density at radius 2 is 2.06 bits per heavy atom. The SMILES string of the molecule is O=C(Cc1cccc(OCCCN2CCNCC2)c1)Nc1cc(-c2ccnc(Cl)c2)cs1. The molecule has 1 aromatic carbocycles. The average Bonchev–Trinajstić information content (AvgIpc) is 3.26. The number of ether oxygens (including phenoxy) is 1. The van der Waals surface area contributed by atoms with Gasteiger partial charge in [-0.05, 0) is 53.4 Å². The van der Waals surface area contributed by atoms with E-state index in [0.717, 1.165) is 66.6 Å². The third-order valence-corrected chi connectivity index (χ3v) is 6.33. The third-order valence-electron chi connectivity index (χ3n) is 5.28. The molecule has 2 aromatic heterocycles. The van der Waals surface area contributed by atoms with Crippen molar-refractivity contribution in [2.75, 3.05) is 44.6 Å². The Morgan fingerprint density at radius 1 is 1.19 bits per heavy atom. The molecule has 2 N–H and O–H groups in total. The van der Waals surface area contributed by atoms with E-state index in [1.54, 1.807) is 6.20 Å². The Bertz CT molecular complexity index is 1040. The van der Waals surface area contributed by atoms with Gasteiger partial charge in [0.1, 0.15) is 10.9 Å². The van der Waals surface area contributed by atoms with Gasteiger partial charge in [-0.1, -0.05) is 23.7 Å². The van der Waals surface area contributed by atoms with Crippen LogP contribution in [-0.4, -0.2) is 55.1 Å². The number of rotatable bonds is 9. The number of hydrogen-bond donors (Lipinski definition) is 2. The van der Waals surface area contributed by atoms with Crippen molar-refractivity contribution >= 4 is 33.8 Å². The van der Waals surface area contributed by atoms with Crippen molar-refractivity contribution in [1.29, 1.82) is 0 Å². The minimum Gasteiger partial charge on any atom is -0.494 e. The van der Waals surface area contributed by atoms with Gasteiger partial charge in [0, 0.05) is 44.3 Å². The molecular weight excluding hydrogens is 444 g/mol. The monoisotopic (exact) mass is 470 g/mol. The summed E-state index contributed by atoms with van der Waals surface area (Å²) in [5.41, 5.74) is 2.91. The summed E-state index contributed by atoms with van der Waals surface area (Å²) in [6, 6.07) is 13.4. The molecule has 168 valence electrons. The Balaban J connectivity index is 1.24. The molecule has 32 heavy (non-hydrogen) atoms. The molecule has 0 atom stereocenters. The quantitative estimate of drug-likeness (QED) is 0.360. The van der Waals surface area contributed by atoms with Gasteiger partial charge in [-0.25, -0.2) is 4.98 Å². The molecule has 0 spiro atoms. The lowest BCUT2D eigenvalue weighted by Gasteiger charge is -2.26. The molecule has 0 aliphatic carbocycles. The normalized spacial score (nSPS) is 14.3. The maximum Gasteiger partial charge on any atom is 0.229 e. The van der Waals surface area contributed by atoms with Gasteiger partial charge in [0.2, 0.25) is 5.91 Å². The van der Waals surface area contributed by atoms with Crippen LogP contribution in [-0.2, 0) is 11.2 Å². The van der Waals surface area contributed by atoms with Crippen LogP contribution in [0, 0.1) is 0 Å². The van der Waals surface area contributed by atoms with Gasteiger partial charge in [0.25, 0.3) is 0 Å². The Hall–Kier alpha value is -2.45. The molecule has 0 radical (unpaired) electrons. The van der Waals surface area contributed by atoms with Crippen LogP contribution in [0.15, 0.2) is 54.0 Å². The zero-order chi connectivity index (χ0) is 22.2. The number of hydrogen-bond acceptors (Lipinski definition) is 6. The topological polar surface area (TPSA) is 66.5 Å². The molecule has 1 aliphatic rings. The van der Waals surface area contributed by atoms with Crippen LogP contribution >= 0.6 is 22.9 Å². The van der Waals surface area contributed by atoms with Gasteiger partial charge in [0.05, 0.1) is 18.0 Å². The van der Waals surface area contributed by atoms with E-state index < -0.39 is 0 Å². The number of halogens is 1. The van der Waals surface area contributed by atoms with Gasteiger partial charge >= 0.3 is 0 Å². The van der Waals surface area contributed by atoms with Crippen molar-refractivity contribution in [3.63, 3.8) is 0 Å². The van der Waals surface area contributed by atoms with Crippen molar-refractivity contribution in [2.45, 2.75) is 12.8 Å². The van der Waals surface area contributed by atoms with E-state index >= 15 is 0 Å². The lowest BCUT2D eigenvalue weighted by atomic mass is 10.1. The first-order chi connectivity index (χ1) is 15.7. The van der Waals surface area contributed by atoms with E-state index in [-0.39, 0.29) is 5.91 Å². The molecule has 0 bridgehead atoms. The van der Waals surface area contributed by atoms with Crippen molar-refractivity contribution in [2.24, 2.45) is 0 Å². The number of pyridine rings is 1. The number of anilines is 1. The fraction of sp³-hybridized carbons (Fsp3) is 0.333. The van der Waals surface area contributed by atoms with Gasteiger partial charge in [-0.3, -0.25) is 4.79 Å². The second-order valence-electron chi connectivity index (χ2n) is 7.73. The van der Waals surface area contributed by atoms with E-state index in [1.165, 1.54) is 11.3 Å². The van der Waals surface area contributed by atoms with Crippen molar-refractivity contribution in [3.8, 4) is 16.9 Å². The largest absolute Gasteiger partial charge is 0.494 e. The highest BCUT2D eigenvalue weighted by Crippen LogP contribution is 2.30. The number of carbonyl (C=O) groups excluding carboxylic acids is 1. The van der Waals surface area contributed by atoms with Crippen molar-refractivity contribution in [1.82, 2.24) is 15.2 Å². The number of nitrogens with zero attached hydrogens (tertiary/aromatic N) is 2. The number of aromatic nitrogens is 1.